The van der Waals surface area contributed by atoms with Crippen LogP contribution in [0.1, 0.15) is 19.1 Å². The molecular weight excluding hydrogens is 197 g/mol. The largest absolute Gasteiger partial charge is 0.450 e. The molecule has 1 aromatic rings. The Morgan fingerprint density at radius 1 is 1.58 bits per heavy atom. The fourth-order valence-corrected chi connectivity index (χ4v) is 1.03. The summed E-state index contributed by atoms with van der Waals surface area (Å²) in [6.45, 7) is 2.05. The summed E-state index contributed by atoms with van der Waals surface area (Å²) in [5.41, 5.74) is 5.71. The minimum atomic E-state index is 0. The average Bonchev–Trinajstić information content (AvgIpc) is 2.35. The zero-order valence-corrected chi connectivity index (χ0v) is 8.49. The van der Waals surface area contributed by atoms with E-state index in [1.54, 1.807) is 6.07 Å². The highest BCUT2D eigenvalue weighted by molar-refractivity contribution is 6.28. The quantitative estimate of drug-likeness (QED) is 0.832. The van der Waals surface area contributed by atoms with E-state index in [-0.39, 0.29) is 18.4 Å². The average molecular weight is 210 g/mol. The Bertz CT molecular complexity index is 225. The van der Waals surface area contributed by atoms with E-state index in [2.05, 4.69) is 6.92 Å². The molecule has 1 unspecified atom stereocenters. The highest BCUT2D eigenvalue weighted by Gasteiger charge is 2.04. The highest BCUT2D eigenvalue weighted by Crippen LogP contribution is 2.14. The second kappa shape index (κ2) is 5.46. The predicted octanol–water partition coefficient (Wildman–Crippen LogP) is 2.63. The van der Waals surface area contributed by atoms with Crippen LogP contribution in [-0.2, 0) is 6.42 Å². The third-order valence-corrected chi connectivity index (χ3v) is 1.82. The van der Waals surface area contributed by atoms with E-state index in [1.807, 2.05) is 6.07 Å². The Hall–Kier alpha value is -0.180. The van der Waals surface area contributed by atoms with Gasteiger partial charge in [-0.2, -0.15) is 0 Å². The molecule has 0 aliphatic heterocycles. The second-order valence-corrected chi connectivity index (χ2v) is 2.95. The zero-order valence-electron chi connectivity index (χ0n) is 6.92. The van der Waals surface area contributed by atoms with Gasteiger partial charge < -0.3 is 10.2 Å². The molecule has 0 amide bonds. The molecule has 1 aromatic heterocycles. The number of halogens is 2. The molecule has 0 fully saturated rings. The van der Waals surface area contributed by atoms with Gasteiger partial charge in [-0.25, -0.2) is 0 Å². The molecule has 0 aliphatic rings. The van der Waals surface area contributed by atoms with Crippen molar-refractivity contribution in [2.24, 2.45) is 5.73 Å². The van der Waals surface area contributed by atoms with E-state index in [9.17, 15) is 0 Å². The van der Waals surface area contributed by atoms with E-state index >= 15 is 0 Å². The van der Waals surface area contributed by atoms with Gasteiger partial charge in [-0.15, -0.1) is 12.4 Å². The first-order chi connectivity index (χ1) is 5.22. The number of nitrogens with two attached hydrogens (primary N) is 1. The number of hydrogen-bond acceptors (Lipinski definition) is 2. The molecule has 0 bridgehead atoms. The molecule has 0 spiro atoms. The van der Waals surface area contributed by atoms with Gasteiger partial charge in [0.15, 0.2) is 5.22 Å². The van der Waals surface area contributed by atoms with Crippen molar-refractivity contribution >= 4 is 24.0 Å². The summed E-state index contributed by atoms with van der Waals surface area (Å²) in [5, 5.41) is 0.434. The Morgan fingerprint density at radius 3 is 2.67 bits per heavy atom. The SMILES string of the molecule is CCC(N)Cc1ccc(Cl)o1.Cl. The normalized spacial score (nSPS) is 12.2. The molecular formula is C8H13Cl2NO. The molecule has 0 radical (unpaired) electrons. The molecule has 12 heavy (non-hydrogen) atoms. The van der Waals surface area contributed by atoms with Crippen LogP contribution >= 0.6 is 24.0 Å². The molecule has 1 heterocycles. The predicted molar refractivity (Wildman–Crippen MR) is 52.9 cm³/mol. The first kappa shape index (κ1) is 11.8. The van der Waals surface area contributed by atoms with Crippen molar-refractivity contribution in [3.8, 4) is 0 Å². The molecule has 0 aromatic carbocycles. The van der Waals surface area contributed by atoms with Crippen molar-refractivity contribution in [1.82, 2.24) is 0 Å². The summed E-state index contributed by atoms with van der Waals surface area (Å²) in [5.74, 6) is 0.865. The lowest BCUT2D eigenvalue weighted by atomic mass is 10.1. The topological polar surface area (TPSA) is 39.2 Å². The zero-order chi connectivity index (χ0) is 8.27. The fraction of sp³-hybridized carbons (Fsp3) is 0.500. The summed E-state index contributed by atoms with van der Waals surface area (Å²) in [6.07, 6.45) is 1.72. The Morgan fingerprint density at radius 2 is 2.25 bits per heavy atom. The van der Waals surface area contributed by atoms with Crippen molar-refractivity contribution < 1.29 is 4.42 Å². The minimum absolute atomic E-state index is 0. The minimum Gasteiger partial charge on any atom is -0.450 e. The van der Waals surface area contributed by atoms with Gasteiger partial charge in [-0.3, -0.25) is 0 Å². The van der Waals surface area contributed by atoms with Crippen LogP contribution < -0.4 is 5.73 Å². The van der Waals surface area contributed by atoms with Crippen LogP contribution in [0.2, 0.25) is 5.22 Å². The monoisotopic (exact) mass is 209 g/mol. The van der Waals surface area contributed by atoms with Gasteiger partial charge in [-0.1, -0.05) is 6.92 Å². The summed E-state index contributed by atoms with van der Waals surface area (Å²) >= 11 is 5.58. The molecule has 1 atom stereocenters. The van der Waals surface area contributed by atoms with Gasteiger partial charge in [0, 0.05) is 12.5 Å². The second-order valence-electron chi connectivity index (χ2n) is 2.58. The van der Waals surface area contributed by atoms with Crippen LogP contribution in [0.5, 0.6) is 0 Å². The lowest BCUT2D eigenvalue weighted by Gasteiger charge is -2.04. The molecule has 2 nitrogen and oxygen atoms in total. The van der Waals surface area contributed by atoms with Gasteiger partial charge in [0.1, 0.15) is 5.76 Å². The van der Waals surface area contributed by atoms with Crippen molar-refractivity contribution in [3.05, 3.63) is 23.1 Å². The van der Waals surface area contributed by atoms with Crippen molar-refractivity contribution in [1.29, 1.82) is 0 Å². The third kappa shape index (κ3) is 3.48. The molecule has 70 valence electrons. The number of hydrogen-bond donors (Lipinski definition) is 1. The number of rotatable bonds is 3. The standard InChI is InChI=1S/C8H12ClNO.ClH/c1-2-6(10)5-7-3-4-8(9)11-7;/h3-4,6H,2,5,10H2,1H3;1H. The van der Waals surface area contributed by atoms with Crippen LogP contribution in [0.15, 0.2) is 16.5 Å². The van der Waals surface area contributed by atoms with Gasteiger partial charge in [0.25, 0.3) is 0 Å². The van der Waals surface area contributed by atoms with E-state index in [0.717, 1.165) is 18.6 Å². The smallest absolute Gasteiger partial charge is 0.193 e. The Labute approximate surface area is 83.5 Å². The molecule has 0 saturated heterocycles. The van der Waals surface area contributed by atoms with E-state index < -0.39 is 0 Å². The molecule has 4 heteroatoms. The summed E-state index contributed by atoms with van der Waals surface area (Å²) in [4.78, 5) is 0. The summed E-state index contributed by atoms with van der Waals surface area (Å²) in [7, 11) is 0. The highest BCUT2D eigenvalue weighted by atomic mass is 35.5. The van der Waals surface area contributed by atoms with Crippen LogP contribution in [0.3, 0.4) is 0 Å². The number of furan rings is 1. The first-order valence-electron chi connectivity index (χ1n) is 3.72. The maximum absolute atomic E-state index is 5.71. The summed E-state index contributed by atoms with van der Waals surface area (Å²) < 4.78 is 5.14. The lowest BCUT2D eigenvalue weighted by molar-refractivity contribution is 0.481. The van der Waals surface area contributed by atoms with Crippen LogP contribution in [-0.4, -0.2) is 6.04 Å². The summed E-state index contributed by atoms with van der Waals surface area (Å²) in [6, 6.07) is 3.77. The molecule has 0 saturated carbocycles. The fourth-order valence-electron chi connectivity index (χ4n) is 0.864. The van der Waals surface area contributed by atoms with Crippen molar-refractivity contribution in [2.75, 3.05) is 0 Å². The van der Waals surface area contributed by atoms with E-state index in [1.165, 1.54) is 0 Å². The molecule has 2 N–H and O–H groups in total. The van der Waals surface area contributed by atoms with Crippen LogP contribution in [0.4, 0.5) is 0 Å². The van der Waals surface area contributed by atoms with E-state index in [4.69, 9.17) is 21.8 Å². The van der Waals surface area contributed by atoms with Crippen LogP contribution in [0, 0.1) is 0 Å². The maximum Gasteiger partial charge on any atom is 0.193 e. The first-order valence-corrected chi connectivity index (χ1v) is 4.10. The maximum atomic E-state index is 5.71. The van der Waals surface area contributed by atoms with Crippen molar-refractivity contribution in [2.45, 2.75) is 25.8 Å². The van der Waals surface area contributed by atoms with Crippen LogP contribution in [0.25, 0.3) is 0 Å². The van der Waals surface area contributed by atoms with Crippen molar-refractivity contribution in [3.63, 3.8) is 0 Å². The molecule has 0 aliphatic carbocycles. The van der Waals surface area contributed by atoms with Gasteiger partial charge in [0.2, 0.25) is 0 Å². The Balaban J connectivity index is 0.00000121. The Kier molecular flexibility index (Phi) is 5.38. The third-order valence-electron chi connectivity index (χ3n) is 1.62. The van der Waals surface area contributed by atoms with Gasteiger partial charge >= 0.3 is 0 Å². The van der Waals surface area contributed by atoms with E-state index in [0.29, 0.717) is 5.22 Å². The molecule has 1 rings (SSSR count). The van der Waals surface area contributed by atoms with Gasteiger partial charge in [-0.05, 0) is 30.2 Å². The lowest BCUT2D eigenvalue weighted by Crippen LogP contribution is -2.20. The van der Waals surface area contributed by atoms with Gasteiger partial charge in [0.05, 0.1) is 0 Å².